The first-order valence-corrected chi connectivity index (χ1v) is 3.47. The van der Waals surface area contributed by atoms with Crippen molar-refractivity contribution in [3.8, 4) is 0 Å². The molecule has 0 aliphatic carbocycles. The maximum Gasteiger partial charge on any atom is 0.329 e. The molecule has 0 aliphatic heterocycles. The van der Waals surface area contributed by atoms with E-state index in [1.54, 1.807) is 7.05 Å². The number of hydrogen-bond acceptors (Lipinski definition) is 2. The molecule has 0 aromatic heterocycles. The highest BCUT2D eigenvalue weighted by Crippen LogP contribution is 1.78. The number of hydrazine groups is 1. The summed E-state index contributed by atoms with van der Waals surface area (Å²) < 4.78 is 0. The van der Waals surface area contributed by atoms with Crippen LogP contribution in [0, 0.1) is 0 Å². The van der Waals surface area contributed by atoms with Crippen LogP contribution in [0.1, 0.15) is 13.8 Å². The number of nitrogens with zero attached hydrogens (tertiary/aromatic N) is 1. The van der Waals surface area contributed by atoms with E-state index in [-0.39, 0.29) is 6.03 Å². The van der Waals surface area contributed by atoms with Crippen LogP contribution >= 0.6 is 0 Å². The van der Waals surface area contributed by atoms with Crippen molar-refractivity contribution in [2.75, 3.05) is 20.1 Å². The van der Waals surface area contributed by atoms with E-state index in [2.05, 4.69) is 10.7 Å². The highest BCUT2D eigenvalue weighted by Gasteiger charge is 2.00. The van der Waals surface area contributed by atoms with Crippen molar-refractivity contribution in [2.24, 2.45) is 0 Å². The van der Waals surface area contributed by atoms with Gasteiger partial charge in [0.2, 0.25) is 0 Å². The highest BCUT2D eigenvalue weighted by molar-refractivity contribution is 5.72. The predicted molar refractivity (Wildman–Crippen MR) is 40.5 cm³/mol. The zero-order chi connectivity index (χ0) is 7.98. The van der Waals surface area contributed by atoms with Crippen molar-refractivity contribution in [1.82, 2.24) is 15.8 Å². The second-order valence-corrected chi connectivity index (χ2v) is 1.86. The smallest absolute Gasteiger partial charge is 0.329 e. The van der Waals surface area contributed by atoms with Crippen molar-refractivity contribution in [2.45, 2.75) is 13.8 Å². The van der Waals surface area contributed by atoms with Gasteiger partial charge in [-0.3, -0.25) is 5.43 Å². The molecule has 0 saturated carbocycles. The van der Waals surface area contributed by atoms with Crippen molar-refractivity contribution in [3.63, 3.8) is 0 Å². The quantitative estimate of drug-likeness (QED) is 0.556. The van der Waals surface area contributed by atoms with Crippen molar-refractivity contribution in [1.29, 1.82) is 0 Å². The molecule has 0 aromatic rings. The molecule has 0 bridgehead atoms. The SMILES string of the molecule is CCN(CC)NC(=O)NC. The van der Waals surface area contributed by atoms with Crippen LogP contribution in [0.5, 0.6) is 0 Å². The van der Waals surface area contributed by atoms with Crippen molar-refractivity contribution in [3.05, 3.63) is 0 Å². The van der Waals surface area contributed by atoms with E-state index in [0.29, 0.717) is 0 Å². The van der Waals surface area contributed by atoms with Gasteiger partial charge in [0.25, 0.3) is 0 Å². The highest BCUT2D eigenvalue weighted by atomic mass is 16.2. The lowest BCUT2D eigenvalue weighted by atomic mass is 10.6. The molecule has 0 radical (unpaired) electrons. The molecule has 0 fully saturated rings. The van der Waals surface area contributed by atoms with Gasteiger partial charge in [-0.1, -0.05) is 13.8 Å². The lowest BCUT2D eigenvalue weighted by Crippen LogP contribution is -2.45. The molecule has 0 unspecified atom stereocenters. The van der Waals surface area contributed by atoms with Crippen LogP contribution in [0.2, 0.25) is 0 Å². The fourth-order valence-corrected chi connectivity index (χ4v) is 0.581. The van der Waals surface area contributed by atoms with Crippen LogP contribution in [-0.4, -0.2) is 31.2 Å². The van der Waals surface area contributed by atoms with E-state index in [1.807, 2.05) is 18.9 Å². The van der Waals surface area contributed by atoms with Crippen LogP contribution in [0.15, 0.2) is 0 Å². The van der Waals surface area contributed by atoms with Gasteiger partial charge in [-0.2, -0.15) is 0 Å². The molecule has 0 saturated heterocycles. The molecule has 60 valence electrons. The molecular formula is C6H15N3O. The Kier molecular flexibility index (Phi) is 4.66. The molecule has 0 rings (SSSR count). The van der Waals surface area contributed by atoms with E-state index >= 15 is 0 Å². The van der Waals surface area contributed by atoms with Gasteiger partial charge in [0, 0.05) is 20.1 Å². The standard InChI is InChI=1S/C6H15N3O/c1-4-9(5-2)8-6(10)7-3/h4-5H2,1-3H3,(H2,7,8,10). The van der Waals surface area contributed by atoms with Gasteiger partial charge < -0.3 is 5.32 Å². The first-order valence-electron chi connectivity index (χ1n) is 3.47. The Bertz CT molecular complexity index is 101. The minimum Gasteiger partial charge on any atom is -0.340 e. The Morgan fingerprint density at radius 3 is 2.20 bits per heavy atom. The molecule has 0 atom stereocenters. The van der Waals surface area contributed by atoms with Gasteiger partial charge in [-0.15, -0.1) is 0 Å². The summed E-state index contributed by atoms with van der Waals surface area (Å²) in [7, 11) is 1.60. The second kappa shape index (κ2) is 5.05. The third-order valence-corrected chi connectivity index (χ3v) is 1.25. The zero-order valence-electron chi connectivity index (χ0n) is 6.77. The summed E-state index contributed by atoms with van der Waals surface area (Å²) in [5.41, 5.74) is 2.65. The van der Waals surface area contributed by atoms with Crippen molar-refractivity contribution >= 4 is 6.03 Å². The first-order chi connectivity index (χ1) is 4.74. The Morgan fingerprint density at radius 2 is 1.90 bits per heavy atom. The summed E-state index contributed by atoms with van der Waals surface area (Å²) in [4.78, 5) is 10.7. The molecule has 4 nitrogen and oxygen atoms in total. The monoisotopic (exact) mass is 145 g/mol. The van der Waals surface area contributed by atoms with Crippen molar-refractivity contribution < 1.29 is 4.79 Å². The average Bonchev–Trinajstić information content (AvgIpc) is 1.99. The number of carbonyl (C=O) groups excluding carboxylic acids is 1. The molecule has 0 aliphatic rings. The molecule has 2 amide bonds. The van der Waals surface area contributed by atoms with Crippen LogP contribution < -0.4 is 10.7 Å². The molecule has 0 heterocycles. The first kappa shape index (κ1) is 9.23. The molecule has 10 heavy (non-hydrogen) atoms. The average molecular weight is 145 g/mol. The molecule has 4 heteroatoms. The summed E-state index contributed by atoms with van der Waals surface area (Å²) in [6, 6.07) is -0.163. The Morgan fingerprint density at radius 1 is 1.40 bits per heavy atom. The maximum atomic E-state index is 10.7. The fourth-order valence-electron chi connectivity index (χ4n) is 0.581. The van der Waals surface area contributed by atoms with Crippen LogP contribution in [0.25, 0.3) is 0 Å². The van der Waals surface area contributed by atoms with Crippen LogP contribution in [0.3, 0.4) is 0 Å². The number of rotatable bonds is 3. The Labute approximate surface area is 61.6 Å². The summed E-state index contributed by atoms with van der Waals surface area (Å²) in [6.07, 6.45) is 0. The third kappa shape index (κ3) is 3.29. The minimum atomic E-state index is -0.163. The minimum absolute atomic E-state index is 0.163. The summed E-state index contributed by atoms with van der Waals surface area (Å²) in [5.74, 6) is 0. The number of urea groups is 1. The van der Waals surface area contributed by atoms with Crippen LogP contribution in [0.4, 0.5) is 4.79 Å². The van der Waals surface area contributed by atoms with Gasteiger partial charge in [-0.05, 0) is 0 Å². The van der Waals surface area contributed by atoms with Gasteiger partial charge >= 0.3 is 6.03 Å². The predicted octanol–water partition coefficient (Wildman–Crippen LogP) is 0.172. The third-order valence-electron chi connectivity index (χ3n) is 1.25. The molecule has 0 spiro atoms. The number of hydrogen-bond donors (Lipinski definition) is 2. The fraction of sp³-hybridized carbons (Fsp3) is 0.833. The second-order valence-electron chi connectivity index (χ2n) is 1.86. The molecular weight excluding hydrogens is 130 g/mol. The molecule has 0 aromatic carbocycles. The molecule has 2 N–H and O–H groups in total. The largest absolute Gasteiger partial charge is 0.340 e. The maximum absolute atomic E-state index is 10.7. The van der Waals surface area contributed by atoms with Gasteiger partial charge in [0.1, 0.15) is 0 Å². The lowest BCUT2D eigenvalue weighted by molar-refractivity contribution is 0.188. The van der Waals surface area contributed by atoms with E-state index in [1.165, 1.54) is 0 Å². The van der Waals surface area contributed by atoms with Crippen LogP contribution in [-0.2, 0) is 0 Å². The normalized spacial score (nSPS) is 9.60. The van der Waals surface area contributed by atoms with E-state index in [9.17, 15) is 4.79 Å². The zero-order valence-corrected chi connectivity index (χ0v) is 6.77. The number of carbonyl (C=O) groups is 1. The lowest BCUT2D eigenvalue weighted by Gasteiger charge is -2.18. The Balaban J connectivity index is 3.52. The Hall–Kier alpha value is -0.770. The van der Waals surface area contributed by atoms with E-state index in [4.69, 9.17) is 0 Å². The number of amides is 2. The van der Waals surface area contributed by atoms with E-state index in [0.717, 1.165) is 13.1 Å². The van der Waals surface area contributed by atoms with Gasteiger partial charge in [0.05, 0.1) is 0 Å². The summed E-state index contributed by atoms with van der Waals surface area (Å²) >= 11 is 0. The number of nitrogens with one attached hydrogen (secondary N) is 2. The van der Waals surface area contributed by atoms with Gasteiger partial charge in [0.15, 0.2) is 0 Å². The van der Waals surface area contributed by atoms with E-state index < -0.39 is 0 Å². The van der Waals surface area contributed by atoms with Gasteiger partial charge in [-0.25, -0.2) is 9.80 Å². The summed E-state index contributed by atoms with van der Waals surface area (Å²) in [5, 5.41) is 4.29. The topological polar surface area (TPSA) is 44.4 Å². The summed E-state index contributed by atoms with van der Waals surface area (Å²) in [6.45, 7) is 5.62.